The van der Waals surface area contributed by atoms with Gasteiger partial charge < -0.3 is 21.1 Å². The number of phenols is 1. The number of carbonyl (C=O) groups excluding carboxylic acids is 1. The molecule has 0 saturated heterocycles. The molecule has 0 fully saturated rings. The van der Waals surface area contributed by atoms with Gasteiger partial charge in [0, 0.05) is 38.1 Å². The van der Waals surface area contributed by atoms with E-state index >= 15 is 0 Å². The number of nitrogens with zero attached hydrogens (tertiary/aromatic N) is 1. The molecule has 0 spiro atoms. The fourth-order valence-electron chi connectivity index (χ4n) is 9.77. The Kier molecular flexibility index (Phi) is 42.2. The van der Waals surface area contributed by atoms with E-state index in [1.54, 1.807) is 12.1 Å². The molecule has 9 rings (SSSR count). The minimum Gasteiger partial charge on any atom is -0.508 e. The van der Waals surface area contributed by atoms with Crippen molar-refractivity contribution in [3.05, 3.63) is 296 Å². The molecule has 0 aliphatic heterocycles. The Hall–Kier alpha value is -8.15. The van der Waals surface area contributed by atoms with Crippen LogP contribution in [0.5, 0.6) is 5.75 Å². The highest BCUT2D eigenvalue weighted by Gasteiger charge is 2.13. The Morgan fingerprint density at radius 1 is 0.404 bits per heavy atom. The van der Waals surface area contributed by atoms with Crippen molar-refractivity contribution in [2.75, 3.05) is 30.0 Å². The summed E-state index contributed by atoms with van der Waals surface area (Å²) in [6, 6.07) is 75.8. The summed E-state index contributed by atoms with van der Waals surface area (Å²) in [5, 5.41) is 11.7. The molecule has 1 amide bonds. The van der Waals surface area contributed by atoms with E-state index in [9.17, 15) is 4.79 Å². The maximum Gasteiger partial charge on any atom is 0.221 e. The minimum atomic E-state index is -0.0303. The Balaban J connectivity index is 0.000000558. The zero-order valence-corrected chi connectivity index (χ0v) is 67.1. The van der Waals surface area contributed by atoms with Crippen molar-refractivity contribution in [2.24, 2.45) is 0 Å². The van der Waals surface area contributed by atoms with E-state index in [-0.39, 0.29) is 11.3 Å². The molecule has 538 valence electrons. The topological polar surface area (TPSA) is 78.6 Å². The Labute approximate surface area is 606 Å². The summed E-state index contributed by atoms with van der Waals surface area (Å²) in [6.45, 7) is 56.4. The summed E-state index contributed by atoms with van der Waals surface area (Å²) in [5.41, 5.74) is 28.2. The van der Waals surface area contributed by atoms with Crippen LogP contribution in [0.1, 0.15) is 290 Å². The first-order valence-corrected chi connectivity index (χ1v) is 36.5. The molecule has 0 aliphatic rings. The minimum absolute atomic E-state index is 0.0303. The number of hydrogen-bond donors (Lipinski definition) is 3. The maximum atomic E-state index is 10.7. The third-order valence-corrected chi connectivity index (χ3v) is 16.9. The molecule has 0 heterocycles. The van der Waals surface area contributed by atoms with Gasteiger partial charge in [0.05, 0.1) is 0 Å². The zero-order chi connectivity index (χ0) is 75.1. The van der Waals surface area contributed by atoms with Gasteiger partial charge in [-0.1, -0.05) is 333 Å². The number of aryl methyl sites for hydroxylation is 4. The third-order valence-electron chi connectivity index (χ3n) is 16.9. The first kappa shape index (κ1) is 88.9. The Morgan fingerprint density at radius 3 is 1.06 bits per heavy atom. The van der Waals surface area contributed by atoms with Crippen LogP contribution in [0.2, 0.25) is 0 Å². The highest BCUT2D eigenvalue weighted by molar-refractivity contribution is 5.88. The predicted octanol–water partition coefficient (Wildman–Crippen LogP) is 27.4. The van der Waals surface area contributed by atoms with Crippen LogP contribution in [-0.2, 0) is 16.6 Å². The Morgan fingerprint density at radius 2 is 0.747 bits per heavy atom. The van der Waals surface area contributed by atoms with E-state index in [4.69, 9.17) is 10.8 Å². The first-order valence-electron chi connectivity index (χ1n) is 36.5. The van der Waals surface area contributed by atoms with Crippen LogP contribution in [0, 0.1) is 20.8 Å². The van der Waals surface area contributed by atoms with Gasteiger partial charge in [0.25, 0.3) is 0 Å². The van der Waals surface area contributed by atoms with Crippen LogP contribution in [0.15, 0.2) is 218 Å². The van der Waals surface area contributed by atoms with Crippen LogP contribution in [0.3, 0.4) is 0 Å². The number of carbonyl (C=O) groups is 1. The van der Waals surface area contributed by atoms with Gasteiger partial charge in [-0.25, -0.2) is 0 Å². The number of nitrogen functional groups attached to an aromatic ring is 1. The fourth-order valence-corrected chi connectivity index (χ4v) is 9.77. The van der Waals surface area contributed by atoms with Crippen molar-refractivity contribution in [1.82, 2.24) is 0 Å². The van der Waals surface area contributed by atoms with E-state index in [0.29, 0.717) is 59.0 Å². The number of rotatable bonds is 12. The van der Waals surface area contributed by atoms with Crippen molar-refractivity contribution in [1.29, 1.82) is 0 Å². The normalized spacial score (nSPS) is 10.6. The largest absolute Gasteiger partial charge is 0.508 e. The molecule has 99 heavy (non-hydrogen) atoms. The van der Waals surface area contributed by atoms with Crippen LogP contribution in [0.4, 0.5) is 17.1 Å². The molecule has 4 N–H and O–H groups in total. The molecule has 5 nitrogen and oxygen atoms in total. The van der Waals surface area contributed by atoms with E-state index in [1.807, 2.05) is 48.5 Å². The molecule has 0 aliphatic carbocycles. The first-order chi connectivity index (χ1) is 46.4. The highest BCUT2D eigenvalue weighted by atomic mass is 16.3. The zero-order valence-electron chi connectivity index (χ0n) is 67.1. The van der Waals surface area contributed by atoms with Crippen molar-refractivity contribution in [3.8, 4) is 5.75 Å². The molecule has 9 aromatic rings. The number of nitrogens with two attached hydrogens (primary N) is 1. The average molecular weight is 1340 g/mol. The predicted molar refractivity (Wildman–Crippen MR) is 442 cm³/mol. The van der Waals surface area contributed by atoms with Crippen molar-refractivity contribution in [3.63, 3.8) is 0 Å². The second-order valence-electron chi connectivity index (χ2n) is 30.1. The molecular formula is C94H135N3O2. The van der Waals surface area contributed by atoms with Crippen molar-refractivity contribution < 1.29 is 9.90 Å². The number of phenolic OH excluding ortho intramolecular Hbond substituents is 1. The quantitative estimate of drug-likeness (QED) is 0.107. The van der Waals surface area contributed by atoms with Gasteiger partial charge in [-0.05, 0) is 201 Å². The molecule has 9 aromatic carbocycles. The summed E-state index contributed by atoms with van der Waals surface area (Å²) in [6.07, 6.45) is 1.14. The molecule has 0 aromatic heterocycles. The number of anilines is 3. The summed E-state index contributed by atoms with van der Waals surface area (Å²) in [7, 11) is 4.12. The van der Waals surface area contributed by atoms with E-state index in [2.05, 4.69) is 355 Å². The van der Waals surface area contributed by atoms with Gasteiger partial charge in [0.2, 0.25) is 5.91 Å². The monoisotopic (exact) mass is 1340 g/mol. The molecule has 5 heteroatoms. The standard InChI is InChI=1S/C13H20.C11H15NO.C11H17N.C11H16.3C10H14.C9H13N.C9H12O/c1-10(2)11-6-8-12(9-7-11)13(3,4)5;1-8(2)10-4-6-11(7-5-10)12-9(3)13;1-9(2)10-5-7-11(8-6-10)12(3)4;1-4-10-5-7-11(8-6-10)9(2)3;1-8(2)10-6-4-9(3)5-7-10;1-8(2)10-6-4-5-9(3)7-10;1-8(2)10-7-5-4-6-9(10)3;2*1-7(2)8-3-5-9(10)6-4-8/h6-10H,1-5H3;4-8H,1-3H3,(H,12,13);5-9H,1-4H3;5-9H,4H2,1-3H3;3*4-8H,1-3H3;3-7H,10H2,1-2H3;3-7,10H,1-2H3. The van der Waals surface area contributed by atoms with Crippen LogP contribution in [-0.4, -0.2) is 25.1 Å². The average Bonchev–Trinajstić information content (AvgIpc) is 0.864. The van der Waals surface area contributed by atoms with Gasteiger partial charge in [-0.15, -0.1) is 0 Å². The Bertz CT molecular complexity index is 3380. The van der Waals surface area contributed by atoms with Crippen LogP contribution < -0.4 is 16.0 Å². The van der Waals surface area contributed by atoms with E-state index < -0.39 is 0 Å². The molecular weight excluding hydrogens is 1200 g/mol. The van der Waals surface area contributed by atoms with Crippen LogP contribution >= 0.6 is 0 Å². The molecule has 0 bridgehead atoms. The smallest absolute Gasteiger partial charge is 0.221 e. The third kappa shape index (κ3) is 38.1. The van der Waals surface area contributed by atoms with Crippen molar-refractivity contribution >= 4 is 23.0 Å². The number of amides is 1. The summed E-state index contributed by atoms with van der Waals surface area (Å²) >= 11 is 0. The number of aromatic hydroxyl groups is 1. The lowest BCUT2D eigenvalue weighted by Gasteiger charge is -2.19. The lowest BCUT2D eigenvalue weighted by Crippen LogP contribution is -2.10. The lowest BCUT2D eigenvalue weighted by atomic mass is 9.86. The van der Waals surface area contributed by atoms with E-state index in [1.165, 1.54) is 90.5 Å². The van der Waals surface area contributed by atoms with Gasteiger partial charge in [0.15, 0.2) is 0 Å². The second kappa shape index (κ2) is 47.0. The molecule has 0 unspecified atom stereocenters. The lowest BCUT2D eigenvalue weighted by molar-refractivity contribution is -0.114. The second-order valence-corrected chi connectivity index (χ2v) is 30.1. The molecule has 0 saturated carbocycles. The SMILES string of the molecule is CC(=O)Nc1ccc(C(C)C)cc1.CC(C)c1ccc(C(C)(C)C)cc1.CC(C)c1ccc(N(C)C)cc1.CC(C)c1ccc(N)cc1.CC(C)c1ccc(O)cc1.CCc1ccc(C(C)C)cc1.Cc1ccc(C(C)C)cc1.Cc1cccc(C(C)C)c1.Cc1ccccc1C(C)C. The maximum absolute atomic E-state index is 10.7. The van der Waals surface area contributed by atoms with Gasteiger partial charge in [-0.2, -0.15) is 0 Å². The van der Waals surface area contributed by atoms with Gasteiger partial charge in [0.1, 0.15) is 5.75 Å². The van der Waals surface area contributed by atoms with Crippen LogP contribution in [0.25, 0.3) is 0 Å². The fraction of sp³-hybridized carbons (Fsp3) is 0.415. The van der Waals surface area contributed by atoms with E-state index in [0.717, 1.165) is 17.8 Å². The summed E-state index contributed by atoms with van der Waals surface area (Å²) < 4.78 is 0. The van der Waals surface area contributed by atoms with Gasteiger partial charge in [-0.3, -0.25) is 4.79 Å². The summed E-state index contributed by atoms with van der Waals surface area (Å²) in [4.78, 5) is 12.8. The van der Waals surface area contributed by atoms with Crippen molar-refractivity contribution in [2.45, 2.75) is 245 Å². The number of hydrogen-bond acceptors (Lipinski definition) is 4. The molecule has 0 atom stereocenters. The number of benzene rings is 9. The number of nitrogens with one attached hydrogen (secondary N) is 1. The highest BCUT2D eigenvalue weighted by Crippen LogP contribution is 2.26. The molecule has 0 radical (unpaired) electrons. The summed E-state index contributed by atoms with van der Waals surface area (Å²) in [5.74, 6) is 5.85. The van der Waals surface area contributed by atoms with Gasteiger partial charge >= 0.3 is 0 Å².